The van der Waals surface area contributed by atoms with Crippen LogP contribution in [-0.2, 0) is 14.3 Å². The highest BCUT2D eigenvalue weighted by Crippen LogP contribution is 2.47. The first kappa shape index (κ1) is 20.3. The summed E-state index contributed by atoms with van der Waals surface area (Å²) in [5.74, 6) is -0.0582. The molecule has 5 nitrogen and oxygen atoms in total. The number of aliphatic hydroxyl groups excluding tert-OH is 2. The van der Waals surface area contributed by atoms with Gasteiger partial charge in [-0.3, -0.25) is 4.79 Å². The molecule has 1 heterocycles. The van der Waals surface area contributed by atoms with Gasteiger partial charge in [-0.25, -0.2) is 4.39 Å². The molecule has 1 aliphatic heterocycles. The van der Waals surface area contributed by atoms with E-state index in [9.17, 15) is 19.4 Å². The van der Waals surface area contributed by atoms with Gasteiger partial charge in [0, 0.05) is 37.5 Å². The van der Waals surface area contributed by atoms with E-state index in [1.807, 2.05) is 12.2 Å². The van der Waals surface area contributed by atoms with Crippen molar-refractivity contribution in [3.05, 3.63) is 23.7 Å². The smallest absolute Gasteiger partial charge is 0.305 e. The number of methoxy groups -OCH3 is 1. The summed E-state index contributed by atoms with van der Waals surface area (Å²) in [5.41, 5.74) is 0. The van der Waals surface area contributed by atoms with Gasteiger partial charge >= 0.3 is 5.97 Å². The van der Waals surface area contributed by atoms with E-state index in [0.717, 1.165) is 12.8 Å². The maximum absolute atomic E-state index is 14.4. The van der Waals surface area contributed by atoms with Crippen LogP contribution in [0.1, 0.15) is 57.8 Å². The summed E-state index contributed by atoms with van der Waals surface area (Å²) < 4.78 is 24.7. The van der Waals surface area contributed by atoms with Crippen LogP contribution in [0, 0.1) is 17.8 Å². The lowest BCUT2D eigenvalue weighted by atomic mass is 9.89. The number of ether oxygens (including phenoxy) is 2. The van der Waals surface area contributed by atoms with Crippen LogP contribution in [0.3, 0.4) is 0 Å². The van der Waals surface area contributed by atoms with Crippen molar-refractivity contribution in [2.24, 2.45) is 17.8 Å². The molecule has 6 heteroatoms. The number of rotatable bonds is 7. The fourth-order valence-corrected chi connectivity index (χ4v) is 4.72. The minimum absolute atomic E-state index is 0.0355. The van der Waals surface area contributed by atoms with E-state index in [4.69, 9.17) is 4.74 Å². The Balaban J connectivity index is 1.56. The normalized spacial score (nSPS) is 33.9. The molecule has 0 aromatic rings. The summed E-state index contributed by atoms with van der Waals surface area (Å²) in [6, 6.07) is 0. The molecule has 1 saturated heterocycles. The maximum atomic E-state index is 14.4. The first-order chi connectivity index (χ1) is 13.0. The highest BCUT2D eigenvalue weighted by molar-refractivity contribution is 5.69. The SMILES string of the molecule is COC(=O)CCC/C(F)=C1/C[C@@H]2[C@@H](/C=C/[C@H](O)C3CCCC3)[C@H](O)C[C@@H]2O1. The Kier molecular flexibility index (Phi) is 6.93. The Morgan fingerprint density at radius 3 is 2.81 bits per heavy atom. The number of allylic oxidation sites excluding steroid dienone is 2. The number of carbonyl (C=O) groups excluding carboxylic acids is 1. The fraction of sp³-hybridized carbons (Fsp3) is 0.762. The molecule has 0 unspecified atom stereocenters. The van der Waals surface area contributed by atoms with E-state index in [-0.39, 0.29) is 42.6 Å². The first-order valence-electron chi connectivity index (χ1n) is 10.1. The minimum atomic E-state index is -0.518. The number of hydrogen-bond acceptors (Lipinski definition) is 5. The monoisotopic (exact) mass is 382 g/mol. The summed E-state index contributed by atoms with van der Waals surface area (Å²) in [4.78, 5) is 11.1. The second-order valence-electron chi connectivity index (χ2n) is 8.08. The molecule has 0 radical (unpaired) electrons. The third kappa shape index (κ3) is 4.91. The highest BCUT2D eigenvalue weighted by Gasteiger charge is 2.47. The van der Waals surface area contributed by atoms with Crippen LogP contribution in [-0.4, -0.2) is 41.6 Å². The summed E-state index contributed by atoms with van der Waals surface area (Å²) in [5, 5.41) is 20.7. The molecule has 3 fully saturated rings. The van der Waals surface area contributed by atoms with Crippen molar-refractivity contribution < 1.29 is 28.9 Å². The Bertz CT molecular complexity index is 581. The number of fused-ring (bicyclic) bond motifs is 1. The second kappa shape index (κ2) is 9.20. The zero-order chi connectivity index (χ0) is 19.4. The summed E-state index contributed by atoms with van der Waals surface area (Å²) in [7, 11) is 1.32. The molecule has 0 aromatic carbocycles. The summed E-state index contributed by atoms with van der Waals surface area (Å²) in [6.07, 6.45) is 8.70. The van der Waals surface area contributed by atoms with Crippen molar-refractivity contribution in [3.8, 4) is 0 Å². The van der Waals surface area contributed by atoms with E-state index in [1.54, 1.807) is 0 Å². The summed E-state index contributed by atoms with van der Waals surface area (Å²) >= 11 is 0. The highest BCUT2D eigenvalue weighted by atomic mass is 19.1. The average molecular weight is 382 g/mol. The van der Waals surface area contributed by atoms with Gasteiger partial charge in [0.1, 0.15) is 17.7 Å². The van der Waals surface area contributed by atoms with Crippen molar-refractivity contribution in [2.45, 2.75) is 76.1 Å². The van der Waals surface area contributed by atoms with Crippen LogP contribution >= 0.6 is 0 Å². The molecule has 0 spiro atoms. The van der Waals surface area contributed by atoms with Gasteiger partial charge in [-0.1, -0.05) is 25.0 Å². The summed E-state index contributed by atoms with van der Waals surface area (Å²) in [6.45, 7) is 0. The number of esters is 1. The van der Waals surface area contributed by atoms with Crippen LogP contribution in [0.25, 0.3) is 0 Å². The van der Waals surface area contributed by atoms with E-state index in [0.29, 0.717) is 30.9 Å². The molecule has 5 atom stereocenters. The molecular weight excluding hydrogens is 351 g/mol. The molecule has 2 N–H and O–H groups in total. The molecule has 2 saturated carbocycles. The minimum Gasteiger partial charge on any atom is -0.492 e. The number of hydrogen-bond donors (Lipinski definition) is 2. The van der Waals surface area contributed by atoms with Gasteiger partial charge in [0.2, 0.25) is 0 Å². The molecule has 0 bridgehead atoms. The van der Waals surface area contributed by atoms with Crippen LogP contribution in [0.5, 0.6) is 0 Å². The molecule has 3 rings (SSSR count). The third-order valence-corrected chi connectivity index (χ3v) is 6.33. The zero-order valence-corrected chi connectivity index (χ0v) is 16.0. The lowest BCUT2D eigenvalue weighted by Gasteiger charge is -2.18. The predicted molar refractivity (Wildman–Crippen MR) is 98.2 cm³/mol. The standard InChI is InChI=1S/C21H31FO5/c1-26-21(25)8-4-7-16(22)20-11-15-14(18(24)12-19(15)27-20)9-10-17(23)13-5-2-3-6-13/h9-10,13-15,17-19,23-24H,2-8,11-12H2,1H3/b10-9+,20-16+/t14-,15-,17+,18-,19+/m1/s1. The lowest BCUT2D eigenvalue weighted by Crippen LogP contribution is -2.20. The van der Waals surface area contributed by atoms with E-state index < -0.39 is 12.2 Å². The van der Waals surface area contributed by atoms with Crippen molar-refractivity contribution >= 4 is 5.97 Å². The first-order valence-corrected chi connectivity index (χ1v) is 10.1. The van der Waals surface area contributed by atoms with Gasteiger partial charge in [0.15, 0.2) is 0 Å². The van der Waals surface area contributed by atoms with E-state index >= 15 is 0 Å². The van der Waals surface area contributed by atoms with Crippen molar-refractivity contribution in [2.75, 3.05) is 7.11 Å². The van der Waals surface area contributed by atoms with Gasteiger partial charge in [0.05, 0.1) is 19.3 Å². The Hall–Kier alpha value is -1.40. The molecule has 152 valence electrons. The number of halogens is 1. The van der Waals surface area contributed by atoms with Gasteiger partial charge in [-0.15, -0.1) is 0 Å². The predicted octanol–water partition coefficient (Wildman–Crippen LogP) is 3.40. The van der Waals surface area contributed by atoms with E-state index in [2.05, 4.69) is 4.74 Å². The van der Waals surface area contributed by atoms with Crippen LogP contribution in [0.4, 0.5) is 4.39 Å². The average Bonchev–Trinajstić information content (AvgIpc) is 3.36. The molecule has 0 amide bonds. The quantitative estimate of drug-likeness (QED) is 0.521. The third-order valence-electron chi connectivity index (χ3n) is 6.33. The molecule has 3 aliphatic rings. The maximum Gasteiger partial charge on any atom is 0.305 e. The van der Waals surface area contributed by atoms with Crippen LogP contribution in [0.15, 0.2) is 23.7 Å². The zero-order valence-electron chi connectivity index (χ0n) is 16.0. The lowest BCUT2D eigenvalue weighted by molar-refractivity contribution is -0.140. The van der Waals surface area contributed by atoms with Crippen molar-refractivity contribution in [3.63, 3.8) is 0 Å². The molecule has 0 aromatic heterocycles. The Morgan fingerprint density at radius 2 is 2.11 bits per heavy atom. The number of carbonyl (C=O) groups is 1. The molecule has 2 aliphatic carbocycles. The van der Waals surface area contributed by atoms with Gasteiger partial charge in [0.25, 0.3) is 0 Å². The Morgan fingerprint density at radius 1 is 1.37 bits per heavy atom. The topological polar surface area (TPSA) is 76.0 Å². The van der Waals surface area contributed by atoms with Crippen LogP contribution < -0.4 is 0 Å². The van der Waals surface area contributed by atoms with Gasteiger partial charge in [-0.2, -0.15) is 0 Å². The van der Waals surface area contributed by atoms with Gasteiger partial charge in [-0.05, 0) is 25.2 Å². The Labute approximate surface area is 160 Å². The molecule has 27 heavy (non-hydrogen) atoms. The van der Waals surface area contributed by atoms with Crippen molar-refractivity contribution in [1.82, 2.24) is 0 Å². The van der Waals surface area contributed by atoms with E-state index in [1.165, 1.54) is 20.0 Å². The van der Waals surface area contributed by atoms with Crippen molar-refractivity contribution in [1.29, 1.82) is 0 Å². The number of aliphatic hydroxyl groups is 2. The second-order valence-corrected chi connectivity index (χ2v) is 8.08. The fourth-order valence-electron chi connectivity index (χ4n) is 4.72. The van der Waals surface area contributed by atoms with Gasteiger partial charge < -0.3 is 19.7 Å². The van der Waals surface area contributed by atoms with Crippen LogP contribution in [0.2, 0.25) is 0 Å². The largest absolute Gasteiger partial charge is 0.492 e. The molecular formula is C21H31FO5.